The molecule has 0 saturated carbocycles. The Hall–Kier alpha value is -2.34. The van der Waals surface area contributed by atoms with Crippen molar-refractivity contribution >= 4 is 23.7 Å². The topological polar surface area (TPSA) is 69.4 Å². The molecule has 0 heterocycles. The summed E-state index contributed by atoms with van der Waals surface area (Å²) in [6, 6.07) is 11.7. The molecule has 0 aromatic heterocycles. The van der Waals surface area contributed by atoms with E-state index in [0.717, 1.165) is 4.90 Å². The number of rotatable bonds is 5. The molecule has 0 aliphatic carbocycles. The van der Waals surface area contributed by atoms with Crippen LogP contribution in [0.4, 0.5) is 5.69 Å². The van der Waals surface area contributed by atoms with Crippen LogP contribution in [0.15, 0.2) is 52.3 Å². The molecular weight excluding hydrogens is 278 g/mol. The summed E-state index contributed by atoms with van der Waals surface area (Å²) in [7, 11) is 1.56. The highest BCUT2D eigenvalue weighted by Crippen LogP contribution is 2.36. The molecule has 0 radical (unpaired) electrons. The average Bonchev–Trinajstić information content (AvgIpc) is 2.47. The van der Waals surface area contributed by atoms with Gasteiger partial charge in [0.1, 0.15) is 12.0 Å². The monoisotopic (exact) mass is 289 g/mol. The van der Waals surface area contributed by atoms with Crippen molar-refractivity contribution in [3.63, 3.8) is 0 Å². The van der Waals surface area contributed by atoms with Crippen LogP contribution < -0.4 is 4.74 Å². The summed E-state index contributed by atoms with van der Waals surface area (Å²) >= 11 is 1.25. The van der Waals surface area contributed by atoms with Gasteiger partial charge >= 0.3 is 0 Å². The molecule has 102 valence electrons. The number of hydrogen-bond donors (Lipinski definition) is 0. The van der Waals surface area contributed by atoms with E-state index in [1.54, 1.807) is 31.4 Å². The van der Waals surface area contributed by atoms with Crippen molar-refractivity contribution in [3.05, 3.63) is 58.1 Å². The van der Waals surface area contributed by atoms with Crippen LogP contribution in [0.3, 0.4) is 0 Å². The van der Waals surface area contributed by atoms with E-state index >= 15 is 0 Å². The van der Waals surface area contributed by atoms with Gasteiger partial charge in [-0.2, -0.15) is 0 Å². The zero-order valence-corrected chi connectivity index (χ0v) is 11.4. The first-order valence-electron chi connectivity index (χ1n) is 5.69. The molecule has 20 heavy (non-hydrogen) atoms. The summed E-state index contributed by atoms with van der Waals surface area (Å²) in [5.41, 5.74) is 0.203. The first-order chi connectivity index (χ1) is 9.63. The number of aldehydes is 1. The minimum absolute atomic E-state index is 0.0811. The second-order valence-corrected chi connectivity index (χ2v) is 5.00. The predicted molar refractivity (Wildman–Crippen MR) is 75.6 cm³/mol. The highest BCUT2D eigenvalue weighted by molar-refractivity contribution is 7.99. The van der Waals surface area contributed by atoms with Crippen LogP contribution in [0.5, 0.6) is 5.75 Å². The van der Waals surface area contributed by atoms with Gasteiger partial charge in [0, 0.05) is 16.5 Å². The molecular formula is C14H11NO4S. The Balaban J connectivity index is 2.37. The maximum atomic E-state index is 11.1. The van der Waals surface area contributed by atoms with Gasteiger partial charge < -0.3 is 4.74 Å². The van der Waals surface area contributed by atoms with E-state index < -0.39 is 4.92 Å². The summed E-state index contributed by atoms with van der Waals surface area (Å²) < 4.78 is 5.11. The van der Waals surface area contributed by atoms with Gasteiger partial charge in [-0.25, -0.2) is 0 Å². The Morgan fingerprint density at radius 1 is 1.25 bits per heavy atom. The van der Waals surface area contributed by atoms with Crippen molar-refractivity contribution in [1.82, 2.24) is 0 Å². The lowest BCUT2D eigenvalue weighted by Crippen LogP contribution is -1.93. The van der Waals surface area contributed by atoms with Gasteiger partial charge in [-0.1, -0.05) is 23.9 Å². The van der Waals surface area contributed by atoms with Gasteiger partial charge in [-0.3, -0.25) is 14.9 Å². The van der Waals surface area contributed by atoms with Crippen LogP contribution in [0, 0.1) is 10.1 Å². The van der Waals surface area contributed by atoms with Crippen LogP contribution >= 0.6 is 11.8 Å². The van der Waals surface area contributed by atoms with Crippen LogP contribution in [0.1, 0.15) is 10.4 Å². The summed E-state index contributed by atoms with van der Waals surface area (Å²) in [5, 5.41) is 11.1. The molecule has 5 nitrogen and oxygen atoms in total. The maximum Gasteiger partial charge on any atom is 0.283 e. The number of nitrogens with zero attached hydrogens (tertiary/aromatic N) is 1. The Morgan fingerprint density at radius 3 is 2.70 bits per heavy atom. The lowest BCUT2D eigenvalue weighted by Gasteiger charge is -2.05. The van der Waals surface area contributed by atoms with Crippen molar-refractivity contribution < 1.29 is 14.5 Å². The maximum absolute atomic E-state index is 11.1. The summed E-state index contributed by atoms with van der Waals surface area (Å²) in [5.74, 6) is 0.683. The van der Waals surface area contributed by atoms with Crippen LogP contribution in [0.2, 0.25) is 0 Å². The van der Waals surface area contributed by atoms with Crippen LogP contribution in [-0.4, -0.2) is 18.3 Å². The van der Waals surface area contributed by atoms with E-state index in [2.05, 4.69) is 0 Å². The molecule has 0 atom stereocenters. The number of nitro benzene ring substituents is 1. The number of ether oxygens (including phenoxy) is 1. The minimum atomic E-state index is -0.491. The molecule has 0 amide bonds. The molecule has 0 aliphatic heterocycles. The molecule has 2 aromatic rings. The van der Waals surface area contributed by atoms with Crippen LogP contribution in [0.25, 0.3) is 0 Å². The van der Waals surface area contributed by atoms with E-state index in [1.165, 1.54) is 17.8 Å². The van der Waals surface area contributed by atoms with E-state index in [0.29, 0.717) is 16.9 Å². The molecule has 0 N–H and O–H groups in total. The van der Waals surface area contributed by atoms with Gasteiger partial charge in [0.05, 0.1) is 16.9 Å². The SMILES string of the molecule is COc1cccc(Sc2ccc(C=O)cc2[N+](=O)[O-])c1. The minimum Gasteiger partial charge on any atom is -0.497 e. The first-order valence-corrected chi connectivity index (χ1v) is 6.51. The standard InChI is InChI=1S/C14H11NO4S/c1-19-11-3-2-4-12(8-11)20-14-6-5-10(9-16)7-13(14)15(17)18/h2-9H,1H3. The molecule has 2 aromatic carbocycles. The Labute approximate surface area is 119 Å². The molecule has 0 saturated heterocycles. The fraction of sp³-hybridized carbons (Fsp3) is 0.0714. The average molecular weight is 289 g/mol. The number of nitro groups is 1. The molecule has 0 spiro atoms. The Kier molecular flexibility index (Phi) is 4.37. The predicted octanol–water partition coefficient (Wildman–Crippen LogP) is 3.57. The lowest BCUT2D eigenvalue weighted by molar-refractivity contribution is -0.387. The molecule has 6 heteroatoms. The normalized spacial score (nSPS) is 10.1. The summed E-state index contributed by atoms with van der Waals surface area (Å²) in [4.78, 5) is 22.6. The third-order valence-corrected chi connectivity index (χ3v) is 3.64. The summed E-state index contributed by atoms with van der Waals surface area (Å²) in [6.07, 6.45) is 0.590. The third-order valence-electron chi connectivity index (χ3n) is 2.58. The highest BCUT2D eigenvalue weighted by atomic mass is 32.2. The molecule has 0 fully saturated rings. The molecule has 0 aliphatic rings. The zero-order valence-electron chi connectivity index (χ0n) is 10.6. The van der Waals surface area contributed by atoms with Crippen molar-refractivity contribution in [3.8, 4) is 5.75 Å². The van der Waals surface area contributed by atoms with Gasteiger partial charge in [0.25, 0.3) is 5.69 Å². The molecule has 2 rings (SSSR count). The van der Waals surface area contributed by atoms with Gasteiger partial charge in [0.15, 0.2) is 0 Å². The Morgan fingerprint density at radius 2 is 2.05 bits per heavy atom. The van der Waals surface area contributed by atoms with Crippen molar-refractivity contribution in [1.29, 1.82) is 0 Å². The van der Waals surface area contributed by atoms with E-state index in [9.17, 15) is 14.9 Å². The molecule has 0 bridgehead atoms. The van der Waals surface area contributed by atoms with E-state index in [4.69, 9.17) is 4.74 Å². The number of carbonyl (C=O) groups excluding carboxylic acids is 1. The van der Waals surface area contributed by atoms with Crippen LogP contribution in [-0.2, 0) is 0 Å². The van der Waals surface area contributed by atoms with Gasteiger partial charge in [-0.05, 0) is 24.3 Å². The second-order valence-electron chi connectivity index (χ2n) is 3.88. The number of benzene rings is 2. The third kappa shape index (κ3) is 3.16. The van der Waals surface area contributed by atoms with E-state index in [1.807, 2.05) is 12.1 Å². The largest absolute Gasteiger partial charge is 0.497 e. The second kappa shape index (κ2) is 6.21. The first kappa shape index (κ1) is 14.1. The smallest absolute Gasteiger partial charge is 0.283 e. The Bertz CT molecular complexity index is 657. The lowest BCUT2D eigenvalue weighted by atomic mass is 10.2. The van der Waals surface area contributed by atoms with E-state index in [-0.39, 0.29) is 11.3 Å². The quantitative estimate of drug-likeness (QED) is 0.478. The zero-order chi connectivity index (χ0) is 14.5. The van der Waals surface area contributed by atoms with Gasteiger partial charge in [-0.15, -0.1) is 0 Å². The highest BCUT2D eigenvalue weighted by Gasteiger charge is 2.15. The molecule has 0 unspecified atom stereocenters. The number of hydrogen-bond acceptors (Lipinski definition) is 5. The fourth-order valence-electron chi connectivity index (χ4n) is 1.63. The number of carbonyl (C=O) groups is 1. The fourth-order valence-corrected chi connectivity index (χ4v) is 2.58. The van der Waals surface area contributed by atoms with Crippen molar-refractivity contribution in [2.75, 3.05) is 7.11 Å². The van der Waals surface area contributed by atoms with Crippen molar-refractivity contribution in [2.45, 2.75) is 9.79 Å². The van der Waals surface area contributed by atoms with Crippen molar-refractivity contribution in [2.24, 2.45) is 0 Å². The summed E-state index contributed by atoms with van der Waals surface area (Å²) in [6.45, 7) is 0. The van der Waals surface area contributed by atoms with Gasteiger partial charge in [0.2, 0.25) is 0 Å². The number of methoxy groups -OCH3 is 1.